The van der Waals surface area contributed by atoms with Gasteiger partial charge in [-0.1, -0.05) is 18.5 Å². The molecule has 16 nitrogen and oxygen atoms in total. The van der Waals surface area contributed by atoms with E-state index in [1.54, 1.807) is 0 Å². The second-order valence-corrected chi connectivity index (χ2v) is 10.7. The van der Waals surface area contributed by atoms with Gasteiger partial charge < -0.3 is 29.4 Å². The van der Waals surface area contributed by atoms with Gasteiger partial charge in [-0.3, -0.25) is 18.9 Å². The Morgan fingerprint density at radius 1 is 1.16 bits per heavy atom. The maximum Gasteiger partial charge on any atom is 0.490 e. The van der Waals surface area contributed by atoms with Crippen molar-refractivity contribution in [2.45, 2.75) is 30.6 Å². The molecule has 0 saturated carbocycles. The van der Waals surface area contributed by atoms with Crippen molar-refractivity contribution in [2.24, 2.45) is 0 Å². The largest absolute Gasteiger partial charge is 0.490 e. The highest BCUT2D eigenvalue weighted by Crippen LogP contribution is 2.66. The number of alkyl halides is 1. The predicted octanol–water partition coefficient (Wildman–Crippen LogP) is -0.227. The summed E-state index contributed by atoms with van der Waals surface area (Å²) in [6.07, 6.45) is -1.03. The van der Waals surface area contributed by atoms with Crippen LogP contribution in [0, 0.1) is 0 Å². The SMILES string of the molecule is CC[C@](COP(=O)(O)OP(=O)(O)OP(=O)(O)O)(OC)[C@@H](O)[C@@H](Cl)n1ccc(=O)[nH]c1=O. The average molecular weight is 533 g/mol. The second-order valence-electron chi connectivity index (χ2n) is 5.82. The Morgan fingerprint density at radius 3 is 2.19 bits per heavy atom. The van der Waals surface area contributed by atoms with E-state index < -0.39 is 58.5 Å². The third kappa shape index (κ3) is 8.30. The molecule has 0 amide bonds. The van der Waals surface area contributed by atoms with Crippen LogP contribution in [0.15, 0.2) is 21.9 Å². The van der Waals surface area contributed by atoms with Crippen molar-refractivity contribution < 1.29 is 56.3 Å². The maximum atomic E-state index is 11.9. The van der Waals surface area contributed by atoms with Crippen LogP contribution in [0.2, 0.25) is 0 Å². The number of H-pyrrole nitrogens is 1. The molecule has 0 aliphatic rings. The Morgan fingerprint density at radius 2 is 1.74 bits per heavy atom. The van der Waals surface area contributed by atoms with E-state index in [1.807, 2.05) is 4.98 Å². The Balaban J connectivity index is 3.07. The number of phosphoric acid groups is 3. The fourth-order valence-corrected chi connectivity index (χ4v) is 5.70. The van der Waals surface area contributed by atoms with Gasteiger partial charge in [0.2, 0.25) is 0 Å². The number of halogens is 1. The molecule has 1 heterocycles. The van der Waals surface area contributed by atoms with E-state index in [0.717, 1.165) is 23.9 Å². The summed E-state index contributed by atoms with van der Waals surface area (Å²) in [5.41, 5.74) is -5.22. The summed E-state index contributed by atoms with van der Waals surface area (Å²) < 4.78 is 51.5. The summed E-state index contributed by atoms with van der Waals surface area (Å²) in [4.78, 5) is 60.7. The molecule has 1 aromatic heterocycles. The van der Waals surface area contributed by atoms with Crippen LogP contribution in [0.5, 0.6) is 0 Å². The minimum absolute atomic E-state index is 0.165. The first-order chi connectivity index (χ1) is 14.0. The highest BCUT2D eigenvalue weighted by Gasteiger charge is 2.46. The highest BCUT2D eigenvalue weighted by atomic mass is 35.5. The number of aromatic nitrogens is 2. The number of aliphatic hydroxyl groups excluding tert-OH is 1. The van der Waals surface area contributed by atoms with Crippen molar-refractivity contribution in [1.82, 2.24) is 9.55 Å². The van der Waals surface area contributed by atoms with Crippen LogP contribution in [0.1, 0.15) is 18.8 Å². The highest BCUT2D eigenvalue weighted by molar-refractivity contribution is 7.66. The van der Waals surface area contributed by atoms with Crippen molar-refractivity contribution in [2.75, 3.05) is 13.7 Å². The molecular formula is C11H20ClN2O14P3. The van der Waals surface area contributed by atoms with Gasteiger partial charge in [0.1, 0.15) is 17.2 Å². The molecule has 1 rings (SSSR count). The van der Waals surface area contributed by atoms with Crippen LogP contribution in [0.25, 0.3) is 0 Å². The van der Waals surface area contributed by atoms with Crippen LogP contribution in [-0.4, -0.2) is 59.7 Å². The summed E-state index contributed by atoms with van der Waals surface area (Å²) in [5.74, 6) is 0. The summed E-state index contributed by atoms with van der Waals surface area (Å²) in [6.45, 7) is 0.401. The summed E-state index contributed by atoms with van der Waals surface area (Å²) in [7, 11) is -15.8. The van der Waals surface area contributed by atoms with Gasteiger partial charge in [0, 0.05) is 19.4 Å². The molecule has 31 heavy (non-hydrogen) atoms. The molecule has 0 aliphatic heterocycles. The molecule has 5 atom stereocenters. The molecule has 180 valence electrons. The molecule has 0 aliphatic carbocycles. The van der Waals surface area contributed by atoms with Gasteiger partial charge >= 0.3 is 29.2 Å². The van der Waals surface area contributed by atoms with Gasteiger partial charge in [-0.2, -0.15) is 8.62 Å². The van der Waals surface area contributed by atoms with Crippen LogP contribution < -0.4 is 11.2 Å². The topological polar surface area (TPSA) is 244 Å². The molecule has 0 saturated heterocycles. The van der Waals surface area contributed by atoms with Crippen LogP contribution in [0.4, 0.5) is 0 Å². The molecule has 20 heteroatoms. The first-order valence-electron chi connectivity index (χ1n) is 7.94. The fourth-order valence-electron chi connectivity index (χ4n) is 2.24. The van der Waals surface area contributed by atoms with E-state index in [1.165, 1.54) is 6.92 Å². The molecular weight excluding hydrogens is 512 g/mol. The lowest BCUT2D eigenvalue weighted by molar-refractivity contribution is -0.135. The van der Waals surface area contributed by atoms with E-state index in [-0.39, 0.29) is 6.42 Å². The van der Waals surface area contributed by atoms with Crippen molar-refractivity contribution in [3.8, 4) is 0 Å². The molecule has 6 N–H and O–H groups in total. The van der Waals surface area contributed by atoms with Crippen molar-refractivity contribution in [3.05, 3.63) is 33.1 Å². The molecule has 0 fully saturated rings. The average Bonchev–Trinajstić information content (AvgIpc) is 2.59. The maximum absolute atomic E-state index is 11.9. The minimum Gasteiger partial charge on any atom is -0.387 e. The monoisotopic (exact) mass is 532 g/mol. The number of hydrogen-bond acceptors (Lipinski definition) is 10. The fraction of sp³-hybridized carbons (Fsp3) is 0.636. The summed E-state index contributed by atoms with van der Waals surface area (Å²) in [6, 6.07) is 0.940. The number of aromatic amines is 1. The van der Waals surface area contributed by atoms with E-state index in [0.29, 0.717) is 0 Å². The normalized spacial score (nSPS) is 20.3. The number of hydrogen-bond donors (Lipinski definition) is 6. The van der Waals surface area contributed by atoms with Crippen molar-refractivity contribution in [3.63, 3.8) is 0 Å². The smallest absolute Gasteiger partial charge is 0.387 e. The molecule has 2 unspecified atom stereocenters. The zero-order valence-corrected chi connectivity index (χ0v) is 19.2. The Hall–Kier alpha value is -0.700. The van der Waals surface area contributed by atoms with Crippen LogP contribution in [-0.2, 0) is 31.6 Å². The van der Waals surface area contributed by atoms with Gasteiger partial charge in [-0.05, 0) is 6.42 Å². The van der Waals surface area contributed by atoms with Gasteiger partial charge in [-0.25, -0.2) is 18.5 Å². The quantitative estimate of drug-likeness (QED) is 0.150. The zero-order valence-electron chi connectivity index (χ0n) is 15.8. The number of nitrogens with one attached hydrogen (secondary N) is 1. The lowest BCUT2D eigenvalue weighted by atomic mass is 9.93. The van der Waals surface area contributed by atoms with Gasteiger partial charge in [0.05, 0.1) is 6.61 Å². The van der Waals surface area contributed by atoms with E-state index in [2.05, 4.69) is 13.1 Å². The Labute approximate surface area is 178 Å². The van der Waals surface area contributed by atoms with Gasteiger partial charge in [0.25, 0.3) is 5.56 Å². The summed E-state index contributed by atoms with van der Waals surface area (Å²) in [5, 5.41) is 10.6. The molecule has 0 spiro atoms. The number of methoxy groups -OCH3 is 1. The van der Waals surface area contributed by atoms with Crippen molar-refractivity contribution >= 4 is 35.1 Å². The predicted molar refractivity (Wildman–Crippen MR) is 102 cm³/mol. The van der Waals surface area contributed by atoms with E-state index in [4.69, 9.17) is 31.0 Å². The molecule has 0 aromatic carbocycles. The van der Waals surface area contributed by atoms with Crippen LogP contribution >= 0.6 is 35.1 Å². The first-order valence-corrected chi connectivity index (χ1v) is 12.9. The molecule has 0 bridgehead atoms. The molecule has 0 radical (unpaired) electrons. The van der Waals surface area contributed by atoms with E-state index >= 15 is 0 Å². The lowest BCUT2D eigenvalue weighted by Crippen LogP contribution is -2.52. The number of nitrogens with zero attached hydrogens (tertiary/aromatic N) is 1. The minimum atomic E-state index is -5.75. The number of phosphoric ester groups is 1. The Bertz CT molecular complexity index is 1020. The number of ether oxygens (including phenoxy) is 1. The lowest BCUT2D eigenvalue weighted by Gasteiger charge is -2.38. The van der Waals surface area contributed by atoms with Gasteiger partial charge in [0.15, 0.2) is 0 Å². The second kappa shape index (κ2) is 10.5. The number of aliphatic hydroxyl groups is 1. The van der Waals surface area contributed by atoms with Crippen LogP contribution in [0.3, 0.4) is 0 Å². The van der Waals surface area contributed by atoms with Crippen molar-refractivity contribution in [1.29, 1.82) is 0 Å². The third-order valence-corrected chi connectivity index (χ3v) is 8.04. The Kier molecular flexibility index (Phi) is 9.59. The zero-order chi connectivity index (χ0) is 24.3. The molecule has 1 aromatic rings. The third-order valence-electron chi connectivity index (χ3n) is 3.81. The van der Waals surface area contributed by atoms with Gasteiger partial charge in [-0.15, -0.1) is 0 Å². The standard InChI is InChI=1S/C11H20ClN2O14P3/c1-3-11(25-2,8(16)9(12)14-5-4-7(15)13-10(14)17)6-26-30(21,22)28-31(23,24)27-29(18,19)20/h4-5,8-9,16H,3,6H2,1-2H3,(H,21,22)(H,23,24)(H,13,15,17)(H2,18,19,20)/t8-,9-,11+/m0/s1. The number of rotatable bonds is 12. The summed E-state index contributed by atoms with van der Waals surface area (Å²) >= 11 is 6.09. The first kappa shape index (κ1) is 28.3. The van der Waals surface area contributed by atoms with E-state index in [9.17, 15) is 33.3 Å².